The van der Waals surface area contributed by atoms with Crippen molar-refractivity contribution in [1.82, 2.24) is 0 Å². The van der Waals surface area contributed by atoms with E-state index in [9.17, 15) is 5.11 Å². The molecule has 2 nitrogen and oxygen atoms in total. The second-order valence-electron chi connectivity index (χ2n) is 5.64. The fourth-order valence-electron chi connectivity index (χ4n) is 3.70. The number of fused-ring (bicyclic) bond motifs is 4. The monoisotopic (exact) mass is 217 g/mol. The molecule has 1 aromatic carbocycles. The molecule has 2 bridgehead atoms. The number of benzene rings is 1. The lowest BCUT2D eigenvalue weighted by Gasteiger charge is -2.49. The Labute approximate surface area is 96.5 Å². The fraction of sp³-hybridized carbons (Fsp3) is 0.571. The van der Waals surface area contributed by atoms with Gasteiger partial charge in [-0.3, -0.25) is 0 Å². The van der Waals surface area contributed by atoms with Crippen LogP contribution < -0.4 is 5.73 Å². The van der Waals surface area contributed by atoms with Crippen LogP contribution in [0.5, 0.6) is 5.75 Å². The summed E-state index contributed by atoms with van der Waals surface area (Å²) in [5, 5.41) is 9.65. The molecule has 0 aliphatic heterocycles. The molecule has 0 heterocycles. The predicted octanol–water partition coefficient (Wildman–Crippen LogP) is 2.33. The summed E-state index contributed by atoms with van der Waals surface area (Å²) in [5.74, 6) is 1.01. The Morgan fingerprint density at radius 2 is 2.25 bits per heavy atom. The first-order chi connectivity index (χ1) is 7.61. The van der Waals surface area contributed by atoms with Crippen LogP contribution in [0, 0.1) is 5.92 Å². The largest absolute Gasteiger partial charge is 0.508 e. The van der Waals surface area contributed by atoms with Crippen LogP contribution in [0.4, 0.5) is 0 Å². The number of aromatic hydroxyl groups is 1. The summed E-state index contributed by atoms with van der Waals surface area (Å²) >= 11 is 0. The number of hydrogen-bond donors (Lipinski definition) is 2. The van der Waals surface area contributed by atoms with Gasteiger partial charge in [-0.2, -0.15) is 0 Å². The smallest absolute Gasteiger partial charge is 0.115 e. The van der Waals surface area contributed by atoms with Crippen molar-refractivity contribution in [2.45, 2.75) is 44.1 Å². The van der Waals surface area contributed by atoms with Crippen LogP contribution in [-0.2, 0) is 11.8 Å². The highest BCUT2D eigenvalue weighted by Crippen LogP contribution is 2.48. The quantitative estimate of drug-likeness (QED) is 0.700. The first-order valence-electron chi connectivity index (χ1n) is 6.19. The van der Waals surface area contributed by atoms with Crippen LogP contribution in [0.1, 0.15) is 37.3 Å². The van der Waals surface area contributed by atoms with Crippen molar-refractivity contribution in [3.05, 3.63) is 29.3 Å². The number of rotatable bonds is 0. The van der Waals surface area contributed by atoms with Gasteiger partial charge in [0.1, 0.15) is 5.75 Å². The second-order valence-corrected chi connectivity index (χ2v) is 5.64. The number of phenols is 1. The van der Waals surface area contributed by atoms with Crippen LogP contribution in [0.25, 0.3) is 0 Å². The minimum absolute atomic E-state index is 0.0786. The van der Waals surface area contributed by atoms with E-state index in [1.54, 1.807) is 6.07 Å². The minimum atomic E-state index is 0.0786. The topological polar surface area (TPSA) is 46.2 Å². The van der Waals surface area contributed by atoms with E-state index in [0.717, 1.165) is 12.8 Å². The maximum absolute atomic E-state index is 9.65. The van der Waals surface area contributed by atoms with E-state index in [2.05, 4.69) is 13.0 Å². The van der Waals surface area contributed by atoms with Gasteiger partial charge in [-0.1, -0.05) is 19.4 Å². The van der Waals surface area contributed by atoms with E-state index in [4.69, 9.17) is 5.73 Å². The van der Waals surface area contributed by atoms with Crippen LogP contribution in [0.3, 0.4) is 0 Å². The van der Waals surface area contributed by atoms with Gasteiger partial charge >= 0.3 is 0 Å². The van der Waals surface area contributed by atoms with Gasteiger partial charge in [0, 0.05) is 11.5 Å². The van der Waals surface area contributed by atoms with Crippen molar-refractivity contribution < 1.29 is 5.11 Å². The van der Waals surface area contributed by atoms with Crippen molar-refractivity contribution in [1.29, 1.82) is 0 Å². The molecule has 0 spiro atoms. The summed E-state index contributed by atoms with van der Waals surface area (Å²) < 4.78 is 0. The summed E-state index contributed by atoms with van der Waals surface area (Å²) in [6, 6.07) is 6.06. The van der Waals surface area contributed by atoms with E-state index in [1.807, 2.05) is 6.07 Å². The van der Waals surface area contributed by atoms with Gasteiger partial charge in [-0.15, -0.1) is 0 Å². The molecule has 1 unspecified atom stereocenters. The molecule has 86 valence electrons. The Kier molecular flexibility index (Phi) is 2.05. The van der Waals surface area contributed by atoms with Crippen molar-refractivity contribution in [3.8, 4) is 5.75 Å². The molecule has 2 aliphatic carbocycles. The van der Waals surface area contributed by atoms with E-state index in [-0.39, 0.29) is 11.5 Å². The SMILES string of the molecule is C[C@@]12CCCC(Cc3ccc(O)cc31)[C@H]2N. The van der Waals surface area contributed by atoms with E-state index in [1.165, 1.54) is 24.0 Å². The highest BCUT2D eigenvalue weighted by Gasteiger charge is 2.45. The Morgan fingerprint density at radius 1 is 1.44 bits per heavy atom. The molecule has 1 fully saturated rings. The Bertz CT molecular complexity index is 429. The second kappa shape index (κ2) is 3.24. The first kappa shape index (κ1) is 10.2. The minimum Gasteiger partial charge on any atom is -0.508 e. The Morgan fingerprint density at radius 3 is 3.06 bits per heavy atom. The van der Waals surface area contributed by atoms with Gasteiger partial charge < -0.3 is 10.8 Å². The Hall–Kier alpha value is -1.02. The molecule has 3 rings (SSSR count). The van der Waals surface area contributed by atoms with Gasteiger partial charge in [-0.05, 0) is 48.4 Å². The lowest BCUT2D eigenvalue weighted by Crippen LogP contribution is -2.54. The van der Waals surface area contributed by atoms with E-state index in [0.29, 0.717) is 11.7 Å². The third-order valence-electron chi connectivity index (χ3n) is 4.71. The van der Waals surface area contributed by atoms with E-state index >= 15 is 0 Å². The van der Waals surface area contributed by atoms with Crippen molar-refractivity contribution in [3.63, 3.8) is 0 Å². The molecule has 3 N–H and O–H groups in total. The maximum atomic E-state index is 9.65. The van der Waals surface area contributed by atoms with Crippen LogP contribution in [0.15, 0.2) is 18.2 Å². The maximum Gasteiger partial charge on any atom is 0.115 e. The molecular formula is C14H19NO. The average molecular weight is 217 g/mol. The van der Waals surface area contributed by atoms with Crippen molar-refractivity contribution in [2.24, 2.45) is 11.7 Å². The number of hydrogen-bond acceptors (Lipinski definition) is 2. The number of nitrogens with two attached hydrogens (primary N) is 1. The van der Waals surface area contributed by atoms with Crippen LogP contribution in [0.2, 0.25) is 0 Å². The zero-order valence-electron chi connectivity index (χ0n) is 9.74. The lowest BCUT2D eigenvalue weighted by atomic mass is 9.57. The van der Waals surface area contributed by atoms with Gasteiger partial charge in [0.25, 0.3) is 0 Å². The molecule has 0 saturated heterocycles. The highest BCUT2D eigenvalue weighted by molar-refractivity contribution is 5.44. The lowest BCUT2D eigenvalue weighted by molar-refractivity contribution is 0.173. The molecule has 1 saturated carbocycles. The van der Waals surface area contributed by atoms with Crippen molar-refractivity contribution >= 4 is 0 Å². The zero-order chi connectivity index (χ0) is 11.3. The molecule has 16 heavy (non-hydrogen) atoms. The molecule has 2 heteroatoms. The Balaban J connectivity index is 2.18. The summed E-state index contributed by atoms with van der Waals surface area (Å²) in [6.45, 7) is 2.27. The predicted molar refractivity (Wildman–Crippen MR) is 64.5 cm³/mol. The number of phenolic OH excluding ortho intramolecular Hbond substituents is 1. The first-order valence-corrected chi connectivity index (χ1v) is 6.19. The van der Waals surface area contributed by atoms with Gasteiger partial charge in [0.05, 0.1) is 0 Å². The van der Waals surface area contributed by atoms with Crippen LogP contribution >= 0.6 is 0 Å². The molecule has 0 radical (unpaired) electrons. The zero-order valence-corrected chi connectivity index (χ0v) is 9.74. The van der Waals surface area contributed by atoms with Crippen LogP contribution in [-0.4, -0.2) is 11.1 Å². The van der Waals surface area contributed by atoms with Gasteiger partial charge in [0.2, 0.25) is 0 Å². The molecular weight excluding hydrogens is 198 g/mol. The highest BCUT2D eigenvalue weighted by atomic mass is 16.3. The third kappa shape index (κ3) is 1.23. The summed E-state index contributed by atoms with van der Waals surface area (Å²) in [4.78, 5) is 0. The molecule has 0 aromatic heterocycles. The summed E-state index contributed by atoms with van der Waals surface area (Å²) in [6.07, 6.45) is 4.77. The van der Waals surface area contributed by atoms with Crippen molar-refractivity contribution in [2.75, 3.05) is 0 Å². The van der Waals surface area contributed by atoms with E-state index < -0.39 is 0 Å². The molecule has 0 amide bonds. The van der Waals surface area contributed by atoms with Gasteiger partial charge in [0.15, 0.2) is 0 Å². The summed E-state index contributed by atoms with van der Waals surface area (Å²) in [5.41, 5.74) is 9.16. The third-order valence-corrected chi connectivity index (χ3v) is 4.71. The average Bonchev–Trinajstić information content (AvgIpc) is 2.25. The summed E-state index contributed by atoms with van der Waals surface area (Å²) in [7, 11) is 0. The normalized spacial score (nSPS) is 36.9. The molecule has 2 aliphatic rings. The fourth-order valence-corrected chi connectivity index (χ4v) is 3.70. The molecule has 3 atom stereocenters. The molecule has 1 aromatic rings. The van der Waals surface area contributed by atoms with Gasteiger partial charge in [-0.25, -0.2) is 0 Å². The standard InChI is InChI=1S/C14H19NO/c1-14-6-2-3-10(13(14)15)7-9-4-5-11(16)8-12(9)14/h4-5,8,10,13,16H,2-3,6-7,15H2,1H3/t10?,13-,14-/m1/s1.